The van der Waals surface area contributed by atoms with E-state index in [1.807, 2.05) is 6.07 Å². The number of carbonyl (C=O) groups excluding carboxylic acids is 1. The molecule has 5 N–H and O–H groups in total. The molecule has 10 nitrogen and oxygen atoms in total. The molecule has 1 amide bonds. The van der Waals surface area contributed by atoms with Crippen LogP contribution in [0.5, 0.6) is 0 Å². The van der Waals surface area contributed by atoms with Crippen LogP contribution in [0.25, 0.3) is 33.5 Å². The van der Waals surface area contributed by atoms with E-state index < -0.39 is 35.3 Å². The molecule has 3 heterocycles. The zero-order valence-electron chi connectivity index (χ0n) is 27.8. The van der Waals surface area contributed by atoms with Gasteiger partial charge >= 0.3 is 12.1 Å². The summed E-state index contributed by atoms with van der Waals surface area (Å²) < 4.78 is 61.5. The van der Waals surface area contributed by atoms with Gasteiger partial charge in [0.2, 0.25) is 0 Å². The van der Waals surface area contributed by atoms with Gasteiger partial charge in [0.1, 0.15) is 23.6 Å². The standard InChI is InChI=1S/C34H34F2N6O2.C2HF3O2/c1-20-26(15-24(35)16-29(20)41-33(43)25-9-8-23(14-28(25)36)34(2,3)44)31-27-17-30(40-32(27)39-19-38-31)22-6-4-21(5-7-22)18-42-12-10-37-11-13-42;3-2(4,5)1(6)7/h4-9,14-17,19,37,44H,10-13,18H2,1-3H3,(H,41,43)(H,38,39,40);(H,6,7). The van der Waals surface area contributed by atoms with Crippen molar-refractivity contribution >= 4 is 28.6 Å². The molecular formula is C36H35F5N6O4. The van der Waals surface area contributed by atoms with Gasteiger partial charge in [0.25, 0.3) is 5.91 Å². The van der Waals surface area contributed by atoms with Gasteiger partial charge in [-0.3, -0.25) is 9.69 Å². The van der Waals surface area contributed by atoms with Gasteiger partial charge in [-0.1, -0.05) is 30.3 Å². The number of fused-ring (bicyclic) bond motifs is 1. The summed E-state index contributed by atoms with van der Waals surface area (Å²) in [5.74, 6) is -4.86. The van der Waals surface area contributed by atoms with Gasteiger partial charge in [-0.05, 0) is 73.4 Å². The zero-order chi connectivity index (χ0) is 37.1. The van der Waals surface area contributed by atoms with Gasteiger partial charge in [-0.2, -0.15) is 13.2 Å². The first kappa shape index (κ1) is 37.0. The van der Waals surface area contributed by atoms with Gasteiger partial charge in [0.05, 0.1) is 16.9 Å². The van der Waals surface area contributed by atoms with E-state index in [4.69, 9.17) is 9.90 Å². The van der Waals surface area contributed by atoms with E-state index in [0.717, 1.165) is 50.0 Å². The quantitative estimate of drug-likeness (QED) is 0.122. The maximum absolute atomic E-state index is 15.0. The number of benzene rings is 3. The highest BCUT2D eigenvalue weighted by molar-refractivity contribution is 6.06. The van der Waals surface area contributed by atoms with Crippen LogP contribution in [0.1, 0.15) is 40.9 Å². The minimum atomic E-state index is -5.08. The SMILES string of the molecule is Cc1c(NC(=O)c2ccc(C(C)(C)O)cc2F)cc(F)cc1-c1ncnc2[nH]c(-c3ccc(CN4CCNCC4)cc3)cc12.O=C(O)C(F)(F)F. The van der Waals surface area contributed by atoms with Crippen molar-refractivity contribution in [2.75, 3.05) is 31.5 Å². The molecule has 0 radical (unpaired) electrons. The van der Waals surface area contributed by atoms with Crippen molar-refractivity contribution in [3.63, 3.8) is 0 Å². The van der Waals surface area contributed by atoms with Gasteiger partial charge in [0.15, 0.2) is 0 Å². The molecule has 0 spiro atoms. The molecule has 268 valence electrons. The summed E-state index contributed by atoms with van der Waals surface area (Å²) in [6.45, 7) is 9.78. The number of anilines is 1. The van der Waals surface area contributed by atoms with Crippen LogP contribution < -0.4 is 10.6 Å². The van der Waals surface area contributed by atoms with E-state index >= 15 is 0 Å². The lowest BCUT2D eigenvalue weighted by Gasteiger charge is -2.27. The Balaban J connectivity index is 0.000000654. The van der Waals surface area contributed by atoms with Gasteiger partial charge in [-0.25, -0.2) is 23.5 Å². The lowest BCUT2D eigenvalue weighted by Crippen LogP contribution is -2.42. The maximum atomic E-state index is 15.0. The van der Waals surface area contributed by atoms with Gasteiger partial charge < -0.3 is 25.8 Å². The Morgan fingerprint density at radius 3 is 2.24 bits per heavy atom. The number of amides is 1. The number of aromatic amines is 1. The van der Waals surface area contributed by atoms with Crippen LogP contribution in [0.3, 0.4) is 0 Å². The molecule has 51 heavy (non-hydrogen) atoms. The van der Waals surface area contributed by atoms with Crippen molar-refractivity contribution in [2.24, 2.45) is 0 Å². The third-order valence-corrected chi connectivity index (χ3v) is 8.34. The minimum absolute atomic E-state index is 0.193. The number of carboxylic acid groups (broad SMARTS) is 1. The Kier molecular flexibility index (Phi) is 10.8. The Morgan fingerprint density at radius 2 is 1.63 bits per heavy atom. The van der Waals surface area contributed by atoms with E-state index in [1.165, 1.54) is 50.0 Å². The normalized spacial score (nSPS) is 13.8. The van der Waals surface area contributed by atoms with Crippen molar-refractivity contribution < 1.29 is 41.8 Å². The first-order chi connectivity index (χ1) is 24.0. The van der Waals surface area contributed by atoms with Crippen LogP contribution in [0.4, 0.5) is 27.6 Å². The number of H-pyrrole nitrogens is 1. The fourth-order valence-corrected chi connectivity index (χ4v) is 5.55. The molecule has 0 saturated carbocycles. The number of piperazine rings is 1. The van der Waals surface area contributed by atoms with Crippen molar-refractivity contribution in [3.05, 3.63) is 101 Å². The van der Waals surface area contributed by atoms with Crippen molar-refractivity contribution in [3.8, 4) is 22.5 Å². The molecular weight excluding hydrogens is 675 g/mol. The van der Waals surface area contributed by atoms with Crippen LogP contribution in [0, 0.1) is 18.6 Å². The average molecular weight is 711 g/mol. The van der Waals surface area contributed by atoms with Crippen LogP contribution in [-0.2, 0) is 16.9 Å². The number of hydrogen-bond acceptors (Lipinski definition) is 7. The number of aliphatic carboxylic acids is 1. The summed E-state index contributed by atoms with van der Waals surface area (Å²) in [6.07, 6.45) is -3.67. The number of carboxylic acids is 1. The van der Waals surface area contributed by atoms with Gasteiger partial charge in [0, 0.05) is 55.1 Å². The number of alkyl halides is 3. The Morgan fingerprint density at radius 1 is 0.961 bits per heavy atom. The summed E-state index contributed by atoms with van der Waals surface area (Å²) in [5, 5.41) is 24.0. The average Bonchev–Trinajstić information content (AvgIpc) is 3.51. The van der Waals surface area contributed by atoms with Crippen LogP contribution in [-0.4, -0.2) is 74.3 Å². The summed E-state index contributed by atoms with van der Waals surface area (Å²) in [4.78, 5) is 36.6. The zero-order valence-corrected chi connectivity index (χ0v) is 27.8. The molecule has 5 aromatic rings. The minimum Gasteiger partial charge on any atom is -0.475 e. The molecule has 1 aliphatic rings. The molecule has 1 aliphatic heterocycles. The third-order valence-electron chi connectivity index (χ3n) is 8.34. The molecule has 0 atom stereocenters. The first-order valence-electron chi connectivity index (χ1n) is 15.8. The van der Waals surface area contributed by atoms with E-state index in [2.05, 4.69) is 54.8 Å². The van der Waals surface area contributed by atoms with E-state index in [1.54, 1.807) is 6.92 Å². The second-order valence-corrected chi connectivity index (χ2v) is 12.5. The molecule has 0 aliphatic carbocycles. The van der Waals surface area contributed by atoms with Crippen molar-refractivity contribution in [2.45, 2.75) is 39.1 Å². The molecule has 0 bridgehead atoms. The second kappa shape index (κ2) is 14.9. The summed E-state index contributed by atoms with van der Waals surface area (Å²) in [7, 11) is 0. The van der Waals surface area contributed by atoms with E-state index in [9.17, 15) is 31.9 Å². The lowest BCUT2D eigenvalue weighted by atomic mass is 9.96. The molecule has 0 unspecified atom stereocenters. The fraction of sp³-hybridized carbons (Fsp3) is 0.278. The highest BCUT2D eigenvalue weighted by Crippen LogP contribution is 2.35. The smallest absolute Gasteiger partial charge is 0.475 e. The lowest BCUT2D eigenvalue weighted by molar-refractivity contribution is -0.192. The van der Waals surface area contributed by atoms with Crippen LogP contribution >= 0.6 is 0 Å². The second-order valence-electron chi connectivity index (χ2n) is 12.5. The Bertz CT molecular complexity index is 2050. The molecule has 1 saturated heterocycles. The summed E-state index contributed by atoms with van der Waals surface area (Å²) in [6, 6.07) is 16.8. The fourth-order valence-electron chi connectivity index (χ4n) is 5.55. The van der Waals surface area contributed by atoms with Gasteiger partial charge in [-0.15, -0.1) is 0 Å². The number of rotatable bonds is 7. The largest absolute Gasteiger partial charge is 0.490 e. The maximum Gasteiger partial charge on any atom is 0.490 e. The number of halogens is 5. The van der Waals surface area contributed by atoms with E-state index in [-0.39, 0.29) is 11.3 Å². The first-order valence-corrected chi connectivity index (χ1v) is 15.8. The number of carbonyl (C=O) groups is 2. The Labute approximate surface area is 289 Å². The Hall–Kier alpha value is -5.25. The van der Waals surface area contributed by atoms with Crippen LogP contribution in [0.2, 0.25) is 0 Å². The number of nitrogens with one attached hydrogen (secondary N) is 3. The predicted octanol–water partition coefficient (Wildman–Crippen LogP) is 6.40. The van der Waals surface area contributed by atoms with E-state index in [0.29, 0.717) is 33.4 Å². The number of aliphatic hydroxyl groups is 1. The number of aromatic nitrogens is 3. The number of hydrogen-bond donors (Lipinski definition) is 5. The highest BCUT2D eigenvalue weighted by Gasteiger charge is 2.38. The number of nitrogens with zero attached hydrogens (tertiary/aromatic N) is 3. The third kappa shape index (κ3) is 8.92. The molecule has 3 aromatic carbocycles. The van der Waals surface area contributed by atoms with Crippen molar-refractivity contribution in [1.82, 2.24) is 25.2 Å². The molecule has 15 heteroatoms. The monoisotopic (exact) mass is 710 g/mol. The summed E-state index contributed by atoms with van der Waals surface area (Å²) in [5.41, 5.74) is 4.25. The predicted molar refractivity (Wildman–Crippen MR) is 181 cm³/mol. The molecule has 2 aromatic heterocycles. The van der Waals surface area contributed by atoms with Crippen LogP contribution in [0.15, 0.2) is 67.0 Å². The molecule has 6 rings (SSSR count). The summed E-state index contributed by atoms with van der Waals surface area (Å²) >= 11 is 0. The topological polar surface area (TPSA) is 143 Å². The highest BCUT2D eigenvalue weighted by atomic mass is 19.4. The molecule has 1 fully saturated rings. The van der Waals surface area contributed by atoms with Crippen molar-refractivity contribution in [1.29, 1.82) is 0 Å².